The van der Waals surface area contributed by atoms with Crippen LogP contribution < -0.4 is 5.30 Å². The second-order valence-corrected chi connectivity index (χ2v) is 6.72. The number of hydrogen-bond acceptors (Lipinski definition) is 2. The average Bonchev–Trinajstić information content (AvgIpc) is 3.06. The molecule has 0 aromatic heterocycles. The van der Waals surface area contributed by atoms with Gasteiger partial charge in [-0.05, 0) is 29.7 Å². The highest BCUT2D eigenvalue weighted by Gasteiger charge is 2.23. The Bertz CT molecular complexity index is 830. The minimum absolute atomic E-state index is 0.0444. The van der Waals surface area contributed by atoms with Crippen molar-refractivity contribution in [1.29, 1.82) is 0 Å². The molecule has 25 heavy (non-hydrogen) atoms. The summed E-state index contributed by atoms with van der Waals surface area (Å²) in [5.74, 6) is 4.74. The first-order valence-corrected chi connectivity index (χ1v) is 8.97. The van der Waals surface area contributed by atoms with Crippen molar-refractivity contribution in [3.05, 3.63) is 54.1 Å². The van der Waals surface area contributed by atoms with E-state index in [1.807, 2.05) is 6.07 Å². The molecule has 1 unspecified atom stereocenters. The molecule has 1 aliphatic heterocycles. The second kappa shape index (κ2) is 7.74. The molecule has 0 radical (unpaired) electrons. The lowest BCUT2D eigenvalue weighted by Crippen LogP contribution is -2.28. The van der Waals surface area contributed by atoms with Gasteiger partial charge < -0.3 is 10.0 Å². The standard InChI is InChI=1S/C19H16F2NO2P/c20-25(21)18-12-14(6-8-17(18)15-4-2-1-3-5-15)7-9-19(24)22-11-10-16(23)13-22/h1-6,8,12,16,23H,10-11,13H2. The van der Waals surface area contributed by atoms with Crippen molar-refractivity contribution < 1.29 is 18.3 Å². The Labute approximate surface area is 146 Å². The first kappa shape index (κ1) is 17.5. The molecule has 3 nitrogen and oxygen atoms in total. The van der Waals surface area contributed by atoms with E-state index in [9.17, 15) is 18.3 Å². The van der Waals surface area contributed by atoms with Crippen molar-refractivity contribution in [3.63, 3.8) is 0 Å². The van der Waals surface area contributed by atoms with Crippen LogP contribution in [-0.4, -0.2) is 35.1 Å². The van der Waals surface area contributed by atoms with Crippen molar-refractivity contribution in [2.45, 2.75) is 12.5 Å². The van der Waals surface area contributed by atoms with Gasteiger partial charge in [-0.1, -0.05) is 42.3 Å². The monoisotopic (exact) mass is 359 g/mol. The molecule has 1 heterocycles. The topological polar surface area (TPSA) is 40.5 Å². The Kier molecular flexibility index (Phi) is 5.43. The van der Waals surface area contributed by atoms with E-state index in [1.54, 1.807) is 36.4 Å². The van der Waals surface area contributed by atoms with E-state index >= 15 is 0 Å². The molecule has 128 valence electrons. The van der Waals surface area contributed by atoms with Crippen LogP contribution >= 0.6 is 8.54 Å². The molecule has 1 N–H and O–H groups in total. The van der Waals surface area contributed by atoms with Crippen LogP contribution in [0.3, 0.4) is 0 Å². The molecule has 6 heteroatoms. The number of hydrogen-bond donors (Lipinski definition) is 1. The Hall–Kier alpha value is -2.28. The molecule has 1 amide bonds. The zero-order valence-electron chi connectivity index (χ0n) is 13.3. The Morgan fingerprint density at radius 1 is 1.20 bits per heavy atom. The van der Waals surface area contributed by atoms with Crippen LogP contribution in [0.2, 0.25) is 0 Å². The van der Waals surface area contributed by atoms with Gasteiger partial charge in [0.1, 0.15) is 0 Å². The summed E-state index contributed by atoms with van der Waals surface area (Å²) in [6.45, 7) is 0.735. The lowest BCUT2D eigenvalue weighted by Gasteiger charge is -2.10. The third kappa shape index (κ3) is 4.22. The Balaban J connectivity index is 1.86. The summed E-state index contributed by atoms with van der Waals surface area (Å²) < 4.78 is 27.0. The molecule has 2 aromatic carbocycles. The van der Waals surface area contributed by atoms with Gasteiger partial charge in [0.2, 0.25) is 0 Å². The summed E-state index contributed by atoms with van der Waals surface area (Å²) >= 11 is 0. The van der Waals surface area contributed by atoms with Crippen LogP contribution in [0.25, 0.3) is 11.1 Å². The molecule has 3 rings (SSSR count). The summed E-state index contributed by atoms with van der Waals surface area (Å²) in [5, 5.41) is 9.40. The van der Waals surface area contributed by atoms with Gasteiger partial charge in [0, 0.05) is 29.9 Å². The molecule has 1 fully saturated rings. The number of rotatable bonds is 2. The van der Waals surface area contributed by atoms with Gasteiger partial charge in [-0.2, -0.15) is 8.39 Å². The number of carbonyl (C=O) groups is 1. The Morgan fingerprint density at radius 3 is 2.60 bits per heavy atom. The van der Waals surface area contributed by atoms with Crippen LogP contribution in [0.1, 0.15) is 12.0 Å². The van der Waals surface area contributed by atoms with Gasteiger partial charge in [0.25, 0.3) is 14.5 Å². The predicted octanol–water partition coefficient (Wildman–Crippen LogP) is 3.17. The minimum Gasteiger partial charge on any atom is -0.391 e. The first-order chi connectivity index (χ1) is 12.0. The third-order valence-corrected chi connectivity index (χ3v) is 4.76. The summed E-state index contributed by atoms with van der Waals surface area (Å²) in [4.78, 5) is 13.4. The molecule has 0 aliphatic carbocycles. The van der Waals surface area contributed by atoms with E-state index in [1.165, 1.54) is 11.0 Å². The molecule has 0 spiro atoms. The summed E-state index contributed by atoms with van der Waals surface area (Å²) in [6.07, 6.45) is 0.0290. The van der Waals surface area contributed by atoms with E-state index in [0.29, 0.717) is 24.1 Å². The average molecular weight is 359 g/mol. The smallest absolute Gasteiger partial charge is 0.298 e. The van der Waals surface area contributed by atoms with E-state index in [0.717, 1.165) is 5.56 Å². The maximum atomic E-state index is 13.5. The Morgan fingerprint density at radius 2 is 1.96 bits per heavy atom. The molecule has 2 aromatic rings. The molecular weight excluding hydrogens is 343 g/mol. The minimum atomic E-state index is -3.29. The number of benzene rings is 2. The molecule has 0 saturated carbocycles. The largest absolute Gasteiger partial charge is 0.391 e. The highest BCUT2D eigenvalue weighted by Crippen LogP contribution is 2.41. The van der Waals surface area contributed by atoms with E-state index in [-0.39, 0.29) is 11.8 Å². The van der Waals surface area contributed by atoms with E-state index in [4.69, 9.17) is 0 Å². The number of carbonyl (C=O) groups excluding carboxylic acids is 1. The molecule has 1 saturated heterocycles. The maximum absolute atomic E-state index is 13.5. The predicted molar refractivity (Wildman–Crippen MR) is 94.7 cm³/mol. The van der Waals surface area contributed by atoms with Crippen LogP contribution in [0.4, 0.5) is 8.39 Å². The zero-order chi connectivity index (χ0) is 17.8. The lowest BCUT2D eigenvalue weighted by molar-refractivity contribution is -0.124. The fraction of sp³-hybridized carbons (Fsp3) is 0.211. The molecule has 1 aliphatic rings. The van der Waals surface area contributed by atoms with Crippen molar-refractivity contribution >= 4 is 19.8 Å². The van der Waals surface area contributed by atoms with Gasteiger partial charge in [-0.3, -0.25) is 4.79 Å². The summed E-state index contributed by atoms with van der Waals surface area (Å²) in [5.41, 5.74) is 1.59. The third-order valence-electron chi connectivity index (χ3n) is 4.03. The summed E-state index contributed by atoms with van der Waals surface area (Å²) in [6, 6.07) is 13.6. The van der Waals surface area contributed by atoms with Crippen LogP contribution in [0, 0.1) is 11.8 Å². The maximum Gasteiger partial charge on any atom is 0.298 e. The van der Waals surface area contributed by atoms with Crippen LogP contribution in [0.15, 0.2) is 48.5 Å². The van der Waals surface area contributed by atoms with E-state index < -0.39 is 20.6 Å². The molecule has 1 atom stereocenters. The van der Waals surface area contributed by atoms with Crippen molar-refractivity contribution in [2.75, 3.05) is 13.1 Å². The van der Waals surface area contributed by atoms with Crippen LogP contribution in [0.5, 0.6) is 0 Å². The fourth-order valence-corrected chi connectivity index (χ4v) is 3.36. The highest BCUT2D eigenvalue weighted by atomic mass is 31.2. The van der Waals surface area contributed by atoms with Crippen LogP contribution in [-0.2, 0) is 4.79 Å². The number of β-amino-alcohol motifs (C(OH)–C–C–N with tert-alkyl or cyclic N) is 1. The number of halogens is 2. The molecule has 0 bridgehead atoms. The van der Waals surface area contributed by atoms with Gasteiger partial charge in [-0.15, -0.1) is 0 Å². The second-order valence-electron chi connectivity index (χ2n) is 5.77. The number of likely N-dealkylation sites (tertiary alicyclic amines) is 1. The van der Waals surface area contributed by atoms with Gasteiger partial charge in [0.15, 0.2) is 0 Å². The van der Waals surface area contributed by atoms with Gasteiger partial charge in [0.05, 0.1) is 6.10 Å². The van der Waals surface area contributed by atoms with Crippen molar-refractivity contribution in [3.8, 4) is 23.0 Å². The number of amides is 1. The lowest BCUT2D eigenvalue weighted by atomic mass is 10.0. The van der Waals surface area contributed by atoms with Gasteiger partial charge in [-0.25, -0.2) is 0 Å². The number of nitrogens with zero attached hydrogens (tertiary/aromatic N) is 1. The number of aliphatic hydroxyl groups is 1. The molecular formula is C19H16F2NO2P. The zero-order valence-corrected chi connectivity index (χ0v) is 14.2. The quantitative estimate of drug-likeness (QED) is 0.661. The highest BCUT2D eigenvalue weighted by molar-refractivity contribution is 7.55. The van der Waals surface area contributed by atoms with Crippen molar-refractivity contribution in [2.24, 2.45) is 0 Å². The van der Waals surface area contributed by atoms with E-state index in [2.05, 4.69) is 11.8 Å². The SMILES string of the molecule is O=C(C#Cc1ccc(-c2ccccc2)c(P(F)F)c1)N1CCC(O)C1. The number of aliphatic hydroxyl groups excluding tert-OH is 1. The van der Waals surface area contributed by atoms with Gasteiger partial charge >= 0.3 is 0 Å². The van der Waals surface area contributed by atoms with Crippen molar-refractivity contribution in [1.82, 2.24) is 4.90 Å². The fourth-order valence-electron chi connectivity index (χ4n) is 2.74. The summed E-state index contributed by atoms with van der Waals surface area (Å²) in [7, 11) is -3.29. The normalized spacial score (nSPS) is 16.6. The first-order valence-electron chi connectivity index (χ1n) is 7.85.